The number of nitrogens with zero attached hydrogens (tertiary/aromatic N) is 1. The molecule has 0 saturated carbocycles. The number of rotatable bonds is 7. The average molecular weight is 427 g/mol. The zero-order valence-electron chi connectivity index (χ0n) is 16.8. The molecule has 0 radical (unpaired) electrons. The maximum Gasteiger partial charge on any atom is 0.264 e. The first-order valence-corrected chi connectivity index (χ1v) is 10.9. The third-order valence-electron chi connectivity index (χ3n) is 4.80. The number of hydrogen-bond donors (Lipinski definition) is 1. The van der Waals surface area contributed by atoms with Crippen molar-refractivity contribution in [2.24, 2.45) is 0 Å². The predicted molar refractivity (Wildman–Crippen MR) is 115 cm³/mol. The van der Waals surface area contributed by atoms with Crippen LogP contribution < -0.4 is 9.62 Å². The van der Waals surface area contributed by atoms with E-state index in [9.17, 15) is 17.6 Å². The van der Waals surface area contributed by atoms with Gasteiger partial charge in [0, 0.05) is 6.54 Å². The first-order chi connectivity index (χ1) is 14.3. The Morgan fingerprint density at radius 1 is 0.933 bits per heavy atom. The Labute approximate surface area is 176 Å². The van der Waals surface area contributed by atoms with Crippen molar-refractivity contribution in [1.82, 2.24) is 5.32 Å². The molecule has 156 valence electrons. The minimum absolute atomic E-state index is 0.106. The van der Waals surface area contributed by atoms with Crippen molar-refractivity contribution in [3.8, 4) is 0 Å². The molecular formula is C23H23FN2O3S. The van der Waals surface area contributed by atoms with E-state index >= 15 is 0 Å². The molecule has 0 bridgehead atoms. The molecule has 0 aliphatic rings. The van der Waals surface area contributed by atoms with Crippen LogP contribution in [0.4, 0.5) is 10.1 Å². The molecule has 0 aromatic heterocycles. The normalized spacial score (nSPS) is 11.2. The number of benzene rings is 3. The van der Waals surface area contributed by atoms with E-state index in [0.29, 0.717) is 11.3 Å². The topological polar surface area (TPSA) is 66.5 Å². The second-order valence-electron chi connectivity index (χ2n) is 7.00. The molecule has 30 heavy (non-hydrogen) atoms. The van der Waals surface area contributed by atoms with Gasteiger partial charge in [0.05, 0.1) is 10.6 Å². The number of carbonyl (C=O) groups excluding carboxylic acids is 1. The molecule has 0 heterocycles. The lowest BCUT2D eigenvalue weighted by Gasteiger charge is -2.25. The Balaban J connectivity index is 1.86. The maximum atomic E-state index is 13.3. The molecule has 0 unspecified atom stereocenters. The molecule has 1 amide bonds. The summed E-state index contributed by atoms with van der Waals surface area (Å²) in [5.74, 6) is -0.822. The summed E-state index contributed by atoms with van der Waals surface area (Å²) in [6, 6.07) is 19.0. The lowest BCUT2D eigenvalue weighted by Crippen LogP contribution is -2.40. The third kappa shape index (κ3) is 5.04. The van der Waals surface area contributed by atoms with E-state index in [1.807, 2.05) is 19.9 Å². The number of aryl methyl sites for hydroxylation is 2. The van der Waals surface area contributed by atoms with Crippen LogP contribution in [0.1, 0.15) is 16.7 Å². The molecule has 0 saturated heterocycles. The number of halogens is 1. The zero-order valence-corrected chi connectivity index (χ0v) is 17.6. The largest absolute Gasteiger partial charge is 0.350 e. The number of sulfonamides is 1. The van der Waals surface area contributed by atoms with E-state index in [0.717, 1.165) is 15.4 Å². The Hall–Kier alpha value is -3.19. The van der Waals surface area contributed by atoms with Crippen LogP contribution in [0.15, 0.2) is 77.7 Å². The second kappa shape index (κ2) is 9.09. The fraction of sp³-hybridized carbons (Fsp3) is 0.174. The number of anilines is 1. The van der Waals surface area contributed by atoms with E-state index in [4.69, 9.17) is 0 Å². The van der Waals surface area contributed by atoms with Gasteiger partial charge in [0.2, 0.25) is 5.91 Å². The number of hydrogen-bond acceptors (Lipinski definition) is 3. The molecule has 3 aromatic carbocycles. The van der Waals surface area contributed by atoms with Crippen molar-refractivity contribution in [2.45, 2.75) is 25.3 Å². The SMILES string of the molecule is Cc1ccc(N(CC(=O)NCc2ccc(F)cc2)S(=O)(=O)c2ccccc2)cc1C. The lowest BCUT2D eigenvalue weighted by molar-refractivity contribution is -0.119. The highest BCUT2D eigenvalue weighted by molar-refractivity contribution is 7.92. The second-order valence-corrected chi connectivity index (χ2v) is 8.86. The van der Waals surface area contributed by atoms with Gasteiger partial charge < -0.3 is 5.32 Å². The van der Waals surface area contributed by atoms with Gasteiger partial charge in [-0.3, -0.25) is 9.10 Å². The highest BCUT2D eigenvalue weighted by Gasteiger charge is 2.27. The van der Waals surface area contributed by atoms with Crippen LogP contribution in [0.5, 0.6) is 0 Å². The van der Waals surface area contributed by atoms with Crippen molar-refractivity contribution in [1.29, 1.82) is 0 Å². The number of carbonyl (C=O) groups is 1. The first kappa shape index (κ1) is 21.5. The van der Waals surface area contributed by atoms with Crippen LogP contribution in [0.3, 0.4) is 0 Å². The zero-order chi connectivity index (χ0) is 21.7. The molecule has 0 aliphatic heterocycles. The fourth-order valence-electron chi connectivity index (χ4n) is 2.90. The minimum Gasteiger partial charge on any atom is -0.350 e. The van der Waals surface area contributed by atoms with E-state index in [1.165, 1.54) is 24.3 Å². The van der Waals surface area contributed by atoms with Gasteiger partial charge in [-0.05, 0) is 66.9 Å². The standard InChI is InChI=1S/C23H23FN2O3S/c1-17-8-13-21(14-18(17)2)26(30(28,29)22-6-4-3-5-7-22)16-23(27)25-15-19-9-11-20(24)12-10-19/h3-14H,15-16H2,1-2H3,(H,25,27). The molecule has 5 nitrogen and oxygen atoms in total. The number of amides is 1. The minimum atomic E-state index is -3.94. The van der Waals surface area contributed by atoms with Crippen LogP contribution in [-0.4, -0.2) is 20.9 Å². The summed E-state index contributed by atoms with van der Waals surface area (Å²) in [5.41, 5.74) is 3.08. The van der Waals surface area contributed by atoms with E-state index in [1.54, 1.807) is 42.5 Å². The van der Waals surface area contributed by atoms with Crippen LogP contribution in [0.25, 0.3) is 0 Å². The van der Waals surface area contributed by atoms with Crippen LogP contribution in [-0.2, 0) is 21.4 Å². The summed E-state index contributed by atoms with van der Waals surface area (Å²) < 4.78 is 40.7. The molecule has 0 fully saturated rings. The molecule has 0 spiro atoms. The molecular weight excluding hydrogens is 403 g/mol. The summed E-state index contributed by atoms with van der Waals surface area (Å²) in [6.07, 6.45) is 0. The quantitative estimate of drug-likeness (QED) is 0.622. The average Bonchev–Trinajstić information content (AvgIpc) is 2.74. The van der Waals surface area contributed by atoms with Crippen molar-refractivity contribution in [2.75, 3.05) is 10.8 Å². The highest BCUT2D eigenvalue weighted by atomic mass is 32.2. The summed E-state index contributed by atoms with van der Waals surface area (Å²) in [5, 5.41) is 2.70. The van der Waals surface area contributed by atoms with Crippen molar-refractivity contribution in [3.05, 3.63) is 95.3 Å². The molecule has 3 rings (SSSR count). The monoisotopic (exact) mass is 426 g/mol. The summed E-state index contributed by atoms with van der Waals surface area (Å²) >= 11 is 0. The Kier molecular flexibility index (Phi) is 6.52. The molecule has 0 atom stereocenters. The van der Waals surface area contributed by atoms with Gasteiger partial charge in [-0.15, -0.1) is 0 Å². The highest BCUT2D eigenvalue weighted by Crippen LogP contribution is 2.25. The van der Waals surface area contributed by atoms with Crippen LogP contribution in [0, 0.1) is 19.7 Å². The van der Waals surface area contributed by atoms with Crippen LogP contribution in [0.2, 0.25) is 0 Å². The van der Waals surface area contributed by atoms with Gasteiger partial charge in [-0.2, -0.15) is 0 Å². The van der Waals surface area contributed by atoms with E-state index in [-0.39, 0.29) is 23.8 Å². The van der Waals surface area contributed by atoms with Gasteiger partial charge in [0.25, 0.3) is 10.0 Å². The number of nitrogens with one attached hydrogen (secondary N) is 1. The van der Waals surface area contributed by atoms with Crippen LogP contribution >= 0.6 is 0 Å². The summed E-state index contributed by atoms with van der Waals surface area (Å²) in [7, 11) is -3.94. The van der Waals surface area contributed by atoms with Crippen molar-refractivity contribution >= 4 is 21.6 Å². The third-order valence-corrected chi connectivity index (χ3v) is 6.59. The Bertz CT molecular complexity index is 1130. The van der Waals surface area contributed by atoms with Gasteiger partial charge in [-0.1, -0.05) is 36.4 Å². The predicted octanol–water partition coefficient (Wildman–Crippen LogP) is 3.95. The summed E-state index contributed by atoms with van der Waals surface area (Å²) in [6.45, 7) is 3.62. The van der Waals surface area contributed by atoms with Crippen molar-refractivity contribution < 1.29 is 17.6 Å². The maximum absolute atomic E-state index is 13.3. The fourth-order valence-corrected chi connectivity index (χ4v) is 4.34. The smallest absolute Gasteiger partial charge is 0.264 e. The van der Waals surface area contributed by atoms with Gasteiger partial charge in [0.15, 0.2) is 0 Å². The molecule has 7 heteroatoms. The Morgan fingerprint density at radius 2 is 1.60 bits per heavy atom. The molecule has 3 aromatic rings. The first-order valence-electron chi connectivity index (χ1n) is 9.43. The van der Waals surface area contributed by atoms with E-state index < -0.39 is 15.9 Å². The van der Waals surface area contributed by atoms with Gasteiger partial charge >= 0.3 is 0 Å². The van der Waals surface area contributed by atoms with E-state index in [2.05, 4.69) is 5.32 Å². The molecule has 1 N–H and O–H groups in total. The Morgan fingerprint density at radius 3 is 2.23 bits per heavy atom. The van der Waals surface area contributed by atoms with Gasteiger partial charge in [0.1, 0.15) is 12.4 Å². The molecule has 0 aliphatic carbocycles. The van der Waals surface area contributed by atoms with Gasteiger partial charge in [-0.25, -0.2) is 12.8 Å². The summed E-state index contributed by atoms with van der Waals surface area (Å²) in [4.78, 5) is 12.7. The lowest BCUT2D eigenvalue weighted by atomic mass is 10.1. The van der Waals surface area contributed by atoms with Crippen molar-refractivity contribution in [3.63, 3.8) is 0 Å².